The van der Waals surface area contributed by atoms with Crippen LogP contribution in [0.25, 0.3) is 0 Å². The van der Waals surface area contributed by atoms with E-state index in [0.717, 1.165) is 0 Å². The molecule has 0 saturated carbocycles. The highest BCUT2D eigenvalue weighted by Crippen LogP contribution is 2.21. The number of sulfonamides is 1. The van der Waals surface area contributed by atoms with E-state index in [1.165, 1.54) is 19.2 Å². The molecule has 0 aromatic carbocycles. The molecule has 8 heteroatoms. The van der Waals surface area contributed by atoms with E-state index in [-0.39, 0.29) is 16.5 Å². The fourth-order valence-corrected chi connectivity index (χ4v) is 2.85. The minimum absolute atomic E-state index is 0.0288. The van der Waals surface area contributed by atoms with Crippen LogP contribution in [0.1, 0.15) is 11.5 Å². The first-order chi connectivity index (χ1) is 8.40. The lowest BCUT2D eigenvalue weighted by atomic mass is 10.4. The summed E-state index contributed by atoms with van der Waals surface area (Å²) in [7, 11) is -3.75. The third kappa shape index (κ3) is 2.28. The molecule has 18 heavy (non-hydrogen) atoms. The molecule has 7 nitrogen and oxygen atoms in total. The highest BCUT2D eigenvalue weighted by atomic mass is 32.2. The lowest BCUT2D eigenvalue weighted by Crippen LogP contribution is -2.15. The monoisotopic (exact) mass is 268 g/mol. The Labute approximate surface area is 104 Å². The zero-order valence-electron chi connectivity index (χ0n) is 9.84. The summed E-state index contributed by atoms with van der Waals surface area (Å²) < 4.78 is 31.4. The number of nitrogens with zero attached hydrogens (tertiary/aromatic N) is 2. The molecule has 0 bridgehead atoms. The number of rotatable bonds is 3. The lowest BCUT2D eigenvalue weighted by Gasteiger charge is -2.06. The van der Waals surface area contributed by atoms with E-state index in [1.807, 2.05) is 0 Å². The van der Waals surface area contributed by atoms with Gasteiger partial charge in [0.05, 0.1) is 11.9 Å². The van der Waals surface area contributed by atoms with Crippen molar-refractivity contribution in [2.75, 3.05) is 10.5 Å². The Morgan fingerprint density at radius 3 is 2.56 bits per heavy atom. The second-order valence-corrected chi connectivity index (χ2v) is 5.35. The molecule has 0 aliphatic carbocycles. The van der Waals surface area contributed by atoms with Crippen LogP contribution >= 0.6 is 0 Å². The molecule has 0 spiro atoms. The summed E-state index contributed by atoms with van der Waals surface area (Å²) in [5.41, 5.74) is 6.22. The van der Waals surface area contributed by atoms with Crippen molar-refractivity contribution < 1.29 is 12.9 Å². The van der Waals surface area contributed by atoms with Crippen LogP contribution in [0.4, 0.5) is 11.5 Å². The van der Waals surface area contributed by atoms with E-state index >= 15 is 0 Å². The van der Waals surface area contributed by atoms with Gasteiger partial charge in [-0.1, -0.05) is 5.16 Å². The smallest absolute Gasteiger partial charge is 0.268 e. The van der Waals surface area contributed by atoms with Gasteiger partial charge in [-0.2, -0.15) is 0 Å². The second kappa shape index (κ2) is 4.30. The molecule has 0 amide bonds. The van der Waals surface area contributed by atoms with Crippen molar-refractivity contribution in [3.8, 4) is 0 Å². The molecule has 2 rings (SSSR count). The molecule has 0 aliphatic rings. The van der Waals surface area contributed by atoms with E-state index in [0.29, 0.717) is 11.4 Å². The minimum Gasteiger partial charge on any atom is -0.397 e. The molecule has 3 N–H and O–H groups in total. The summed E-state index contributed by atoms with van der Waals surface area (Å²) in [6.45, 7) is 3.09. The van der Waals surface area contributed by atoms with Gasteiger partial charge < -0.3 is 10.3 Å². The van der Waals surface area contributed by atoms with E-state index < -0.39 is 10.0 Å². The van der Waals surface area contributed by atoms with Crippen LogP contribution in [0.3, 0.4) is 0 Å². The van der Waals surface area contributed by atoms with E-state index in [2.05, 4.69) is 14.9 Å². The Balaban J connectivity index is 2.36. The molecule has 0 unspecified atom stereocenters. The van der Waals surface area contributed by atoms with Gasteiger partial charge in [0, 0.05) is 0 Å². The average Bonchev–Trinajstić information content (AvgIpc) is 2.62. The number of anilines is 2. The number of hydrogen-bond donors (Lipinski definition) is 2. The second-order valence-electron chi connectivity index (χ2n) is 3.74. The number of nitrogens with two attached hydrogens (primary N) is 1. The number of aryl methyl sites for hydroxylation is 2. The van der Waals surface area contributed by atoms with Crippen LogP contribution in [0.2, 0.25) is 0 Å². The maximum absolute atomic E-state index is 12.1. The molecule has 96 valence electrons. The van der Waals surface area contributed by atoms with E-state index in [4.69, 9.17) is 10.3 Å². The highest BCUT2D eigenvalue weighted by molar-refractivity contribution is 7.92. The molecule has 0 atom stereocenters. The Morgan fingerprint density at radius 2 is 2.06 bits per heavy atom. The van der Waals surface area contributed by atoms with Crippen LogP contribution in [0.15, 0.2) is 27.7 Å². The van der Waals surface area contributed by atoms with Crippen molar-refractivity contribution in [3.05, 3.63) is 29.8 Å². The standard InChI is InChI=1S/C10H12N4O3S/c1-6-10(7(2)17-13-6)18(15,16)14-9-4-3-8(11)5-12-9/h3-5H,11H2,1-2H3,(H,12,14). The zero-order chi connectivity index (χ0) is 13.3. The van der Waals surface area contributed by atoms with Gasteiger partial charge in [-0.25, -0.2) is 13.4 Å². The summed E-state index contributed by atoms with van der Waals surface area (Å²) in [6, 6.07) is 3.03. The molecule has 0 fully saturated rings. The van der Waals surface area contributed by atoms with Crippen molar-refractivity contribution in [3.63, 3.8) is 0 Å². The van der Waals surface area contributed by atoms with Crippen molar-refractivity contribution in [2.24, 2.45) is 0 Å². The predicted octanol–water partition coefficient (Wildman–Crippen LogP) is 1.07. The molecule has 2 aromatic rings. The summed E-state index contributed by atoms with van der Waals surface area (Å²) >= 11 is 0. The zero-order valence-corrected chi connectivity index (χ0v) is 10.7. The minimum atomic E-state index is -3.75. The van der Waals surface area contributed by atoms with Gasteiger partial charge in [0.25, 0.3) is 10.0 Å². The summed E-state index contributed by atoms with van der Waals surface area (Å²) in [5.74, 6) is 0.416. The van der Waals surface area contributed by atoms with Crippen LogP contribution in [0, 0.1) is 13.8 Å². The predicted molar refractivity (Wildman–Crippen MR) is 65.4 cm³/mol. The average molecular weight is 268 g/mol. The number of nitrogens with one attached hydrogen (secondary N) is 1. The molecule has 2 aromatic heterocycles. The van der Waals surface area contributed by atoms with Gasteiger partial charge in [-0.15, -0.1) is 0 Å². The Bertz CT molecular complexity index is 641. The van der Waals surface area contributed by atoms with Crippen LogP contribution in [-0.4, -0.2) is 18.6 Å². The van der Waals surface area contributed by atoms with Gasteiger partial charge in [0.2, 0.25) is 0 Å². The third-order valence-electron chi connectivity index (χ3n) is 2.26. The van der Waals surface area contributed by atoms with Crippen molar-refractivity contribution in [2.45, 2.75) is 18.7 Å². The number of pyridine rings is 1. The van der Waals surface area contributed by atoms with E-state index in [1.54, 1.807) is 13.0 Å². The van der Waals surface area contributed by atoms with Gasteiger partial charge in [0.1, 0.15) is 11.5 Å². The van der Waals surface area contributed by atoms with Crippen LogP contribution in [-0.2, 0) is 10.0 Å². The first-order valence-electron chi connectivity index (χ1n) is 5.07. The van der Waals surface area contributed by atoms with Gasteiger partial charge in [0.15, 0.2) is 10.7 Å². The van der Waals surface area contributed by atoms with Crippen molar-refractivity contribution >= 4 is 21.5 Å². The molecular weight excluding hydrogens is 256 g/mol. The number of aromatic nitrogens is 2. The summed E-state index contributed by atoms with van der Waals surface area (Å²) in [5, 5.41) is 3.60. The highest BCUT2D eigenvalue weighted by Gasteiger charge is 2.24. The van der Waals surface area contributed by atoms with Gasteiger partial charge >= 0.3 is 0 Å². The molecule has 0 radical (unpaired) electrons. The fourth-order valence-electron chi connectivity index (χ4n) is 1.51. The Kier molecular flexibility index (Phi) is 2.95. The number of hydrogen-bond acceptors (Lipinski definition) is 6. The largest absolute Gasteiger partial charge is 0.397 e. The van der Waals surface area contributed by atoms with Crippen molar-refractivity contribution in [1.82, 2.24) is 10.1 Å². The maximum atomic E-state index is 12.1. The topological polar surface area (TPSA) is 111 Å². The van der Waals surface area contributed by atoms with Crippen LogP contribution < -0.4 is 10.5 Å². The summed E-state index contributed by atoms with van der Waals surface area (Å²) in [6.07, 6.45) is 1.37. The SMILES string of the molecule is Cc1noc(C)c1S(=O)(=O)Nc1ccc(N)cn1. The van der Waals surface area contributed by atoms with Crippen molar-refractivity contribution in [1.29, 1.82) is 0 Å². The quantitative estimate of drug-likeness (QED) is 0.861. The summed E-state index contributed by atoms with van der Waals surface area (Å²) in [4.78, 5) is 3.90. The number of nitrogen functional groups attached to an aromatic ring is 1. The normalized spacial score (nSPS) is 11.4. The van der Waals surface area contributed by atoms with Gasteiger partial charge in [-0.05, 0) is 26.0 Å². The maximum Gasteiger partial charge on any atom is 0.268 e. The first-order valence-corrected chi connectivity index (χ1v) is 6.55. The Morgan fingerprint density at radius 1 is 1.33 bits per heavy atom. The molecule has 0 saturated heterocycles. The third-order valence-corrected chi connectivity index (χ3v) is 3.86. The lowest BCUT2D eigenvalue weighted by molar-refractivity contribution is 0.390. The Hall–Kier alpha value is -2.09. The molecule has 0 aliphatic heterocycles. The molecular formula is C10H12N4O3S. The van der Waals surface area contributed by atoms with Gasteiger partial charge in [-0.3, -0.25) is 4.72 Å². The molecule has 2 heterocycles. The first kappa shape index (κ1) is 12.4. The van der Waals surface area contributed by atoms with E-state index in [9.17, 15) is 8.42 Å². The fraction of sp³-hybridized carbons (Fsp3) is 0.200. The van der Waals surface area contributed by atoms with Crippen LogP contribution in [0.5, 0.6) is 0 Å².